The zero-order chi connectivity index (χ0) is 21.2. The molecule has 158 valence electrons. The van der Waals surface area contributed by atoms with Gasteiger partial charge in [0.05, 0.1) is 36.4 Å². The van der Waals surface area contributed by atoms with Gasteiger partial charge in [0.2, 0.25) is 5.91 Å². The molecule has 1 unspecified atom stereocenters. The van der Waals surface area contributed by atoms with E-state index in [1.807, 2.05) is 23.7 Å². The van der Waals surface area contributed by atoms with Crippen molar-refractivity contribution >= 4 is 11.9 Å². The molecule has 0 bridgehead atoms. The largest absolute Gasteiger partial charge is 0.490 e. The highest BCUT2D eigenvalue weighted by Crippen LogP contribution is 2.30. The molecule has 1 saturated carbocycles. The van der Waals surface area contributed by atoms with Crippen molar-refractivity contribution in [1.82, 2.24) is 19.8 Å². The third-order valence-electron chi connectivity index (χ3n) is 4.65. The minimum absolute atomic E-state index is 0.122. The first-order valence-electron chi connectivity index (χ1n) is 9.00. The second-order valence-electron chi connectivity index (χ2n) is 7.07. The first kappa shape index (κ1) is 20.9. The van der Waals surface area contributed by atoms with E-state index >= 15 is 0 Å². The Morgan fingerprint density at radius 3 is 2.62 bits per heavy atom. The van der Waals surface area contributed by atoms with Gasteiger partial charge in [-0.25, -0.2) is 9.78 Å². The summed E-state index contributed by atoms with van der Waals surface area (Å²) < 4.78 is 39.2. The van der Waals surface area contributed by atoms with Gasteiger partial charge in [0.15, 0.2) is 0 Å². The van der Waals surface area contributed by atoms with Gasteiger partial charge < -0.3 is 19.4 Å². The molecule has 1 fully saturated rings. The molecule has 1 aliphatic carbocycles. The predicted molar refractivity (Wildman–Crippen MR) is 93.6 cm³/mol. The lowest BCUT2D eigenvalue weighted by molar-refractivity contribution is -0.192. The molecule has 0 spiro atoms. The lowest BCUT2D eigenvalue weighted by Crippen LogP contribution is -2.42. The third-order valence-corrected chi connectivity index (χ3v) is 4.65. The van der Waals surface area contributed by atoms with Crippen molar-refractivity contribution in [2.75, 3.05) is 6.54 Å². The number of furan rings is 1. The average molecular weight is 414 g/mol. The van der Waals surface area contributed by atoms with Crippen LogP contribution in [0.4, 0.5) is 13.2 Å². The number of aromatic nitrogens is 2. The topological polar surface area (TPSA) is 101 Å². The standard InChI is InChI=1S/C16H20N4O2.C2HF3O2/c1-19-10-17-14-9-20(7-12-3-2-6-22-12)8-13(15(14)19)16(21)18-11-4-5-11;3-2(4,5)1(6)7/h2-3,6,10-11,13H,4-5,7-9H2,1H3,(H,18,21);(H,6,7). The smallest absolute Gasteiger partial charge is 0.475 e. The van der Waals surface area contributed by atoms with E-state index in [0.717, 1.165) is 36.5 Å². The Morgan fingerprint density at radius 2 is 2.07 bits per heavy atom. The van der Waals surface area contributed by atoms with E-state index in [2.05, 4.69) is 15.2 Å². The van der Waals surface area contributed by atoms with E-state index in [9.17, 15) is 18.0 Å². The number of hydrogen-bond acceptors (Lipinski definition) is 5. The maximum Gasteiger partial charge on any atom is 0.490 e. The number of rotatable bonds is 4. The van der Waals surface area contributed by atoms with Crippen LogP contribution in [0.15, 0.2) is 29.1 Å². The normalized spacial score (nSPS) is 19.1. The number of fused-ring (bicyclic) bond motifs is 1. The van der Waals surface area contributed by atoms with Crippen LogP contribution in [0, 0.1) is 0 Å². The quantitative estimate of drug-likeness (QED) is 0.794. The van der Waals surface area contributed by atoms with Crippen LogP contribution < -0.4 is 5.32 Å². The highest BCUT2D eigenvalue weighted by molar-refractivity contribution is 5.84. The minimum Gasteiger partial charge on any atom is -0.475 e. The zero-order valence-corrected chi connectivity index (χ0v) is 15.6. The Balaban J connectivity index is 0.000000298. The van der Waals surface area contributed by atoms with Gasteiger partial charge in [0, 0.05) is 26.2 Å². The second-order valence-corrected chi connectivity index (χ2v) is 7.07. The summed E-state index contributed by atoms with van der Waals surface area (Å²) in [6.07, 6.45) is 0.612. The first-order chi connectivity index (χ1) is 13.6. The predicted octanol–water partition coefficient (Wildman–Crippen LogP) is 2.02. The Hall–Kier alpha value is -2.82. The van der Waals surface area contributed by atoms with Crippen LogP contribution in [0.1, 0.15) is 35.9 Å². The number of carbonyl (C=O) groups is 2. The Bertz CT molecular complexity index is 859. The Kier molecular flexibility index (Phi) is 5.96. The molecule has 1 amide bonds. The van der Waals surface area contributed by atoms with Crippen molar-refractivity contribution in [2.45, 2.75) is 44.1 Å². The number of halogens is 3. The fourth-order valence-corrected chi connectivity index (χ4v) is 3.16. The molecule has 8 nitrogen and oxygen atoms in total. The Labute approximate surface area is 164 Å². The van der Waals surface area contributed by atoms with Gasteiger partial charge in [-0.1, -0.05) is 0 Å². The van der Waals surface area contributed by atoms with E-state index in [1.165, 1.54) is 0 Å². The average Bonchev–Trinajstić information content (AvgIpc) is 3.16. The molecule has 2 aliphatic rings. The van der Waals surface area contributed by atoms with Crippen molar-refractivity contribution in [1.29, 1.82) is 0 Å². The molecule has 0 aromatic carbocycles. The van der Waals surface area contributed by atoms with Crippen molar-refractivity contribution < 1.29 is 32.3 Å². The summed E-state index contributed by atoms with van der Waals surface area (Å²) in [7, 11) is 1.96. The number of hydrogen-bond donors (Lipinski definition) is 2. The highest BCUT2D eigenvalue weighted by atomic mass is 19.4. The fourth-order valence-electron chi connectivity index (χ4n) is 3.16. The molecule has 4 rings (SSSR count). The van der Waals surface area contributed by atoms with Crippen LogP contribution >= 0.6 is 0 Å². The van der Waals surface area contributed by atoms with E-state index in [0.29, 0.717) is 19.1 Å². The molecule has 0 radical (unpaired) electrons. The summed E-state index contributed by atoms with van der Waals surface area (Å²) in [6, 6.07) is 4.24. The number of aryl methyl sites for hydroxylation is 1. The van der Waals surface area contributed by atoms with E-state index in [1.54, 1.807) is 12.6 Å². The number of nitrogens with zero attached hydrogens (tertiary/aromatic N) is 3. The van der Waals surface area contributed by atoms with Gasteiger partial charge in [-0.3, -0.25) is 9.69 Å². The van der Waals surface area contributed by atoms with Crippen molar-refractivity contribution in [3.8, 4) is 0 Å². The molecule has 1 atom stereocenters. The summed E-state index contributed by atoms with van der Waals surface area (Å²) in [4.78, 5) is 28.2. The number of amides is 1. The summed E-state index contributed by atoms with van der Waals surface area (Å²) in [5.41, 5.74) is 2.05. The van der Waals surface area contributed by atoms with E-state index < -0.39 is 12.1 Å². The fraction of sp³-hybridized carbons (Fsp3) is 0.500. The van der Waals surface area contributed by atoms with Crippen molar-refractivity contribution in [3.05, 3.63) is 41.9 Å². The monoisotopic (exact) mass is 414 g/mol. The van der Waals surface area contributed by atoms with Gasteiger partial charge in [-0.05, 0) is 25.0 Å². The molecule has 0 saturated heterocycles. The molecule has 2 aromatic rings. The van der Waals surface area contributed by atoms with Crippen LogP contribution in [0.2, 0.25) is 0 Å². The van der Waals surface area contributed by atoms with Crippen LogP contribution in [0.5, 0.6) is 0 Å². The number of carboxylic acids is 1. The molecule has 11 heteroatoms. The van der Waals surface area contributed by atoms with Gasteiger partial charge in [0.1, 0.15) is 5.76 Å². The second kappa shape index (κ2) is 8.27. The summed E-state index contributed by atoms with van der Waals surface area (Å²) >= 11 is 0. The minimum atomic E-state index is -5.08. The number of alkyl halides is 3. The van der Waals surface area contributed by atoms with Crippen LogP contribution in [0.3, 0.4) is 0 Å². The molecular weight excluding hydrogens is 393 g/mol. The van der Waals surface area contributed by atoms with Gasteiger partial charge in [0.25, 0.3) is 0 Å². The summed E-state index contributed by atoms with van der Waals surface area (Å²) in [5, 5.41) is 10.3. The Morgan fingerprint density at radius 1 is 1.38 bits per heavy atom. The van der Waals surface area contributed by atoms with E-state index in [-0.39, 0.29) is 11.8 Å². The summed E-state index contributed by atoms with van der Waals surface area (Å²) in [5.74, 6) is -1.88. The van der Waals surface area contributed by atoms with Crippen molar-refractivity contribution in [3.63, 3.8) is 0 Å². The van der Waals surface area contributed by atoms with Gasteiger partial charge >= 0.3 is 12.1 Å². The van der Waals surface area contributed by atoms with Gasteiger partial charge in [-0.2, -0.15) is 13.2 Å². The lowest BCUT2D eigenvalue weighted by Gasteiger charge is -2.31. The molecule has 2 aromatic heterocycles. The van der Waals surface area contributed by atoms with Gasteiger partial charge in [-0.15, -0.1) is 0 Å². The lowest BCUT2D eigenvalue weighted by atomic mass is 9.97. The molecule has 29 heavy (non-hydrogen) atoms. The molecule has 1 aliphatic heterocycles. The van der Waals surface area contributed by atoms with Crippen LogP contribution in [-0.4, -0.2) is 50.2 Å². The maximum atomic E-state index is 12.6. The van der Waals surface area contributed by atoms with Crippen molar-refractivity contribution in [2.24, 2.45) is 7.05 Å². The van der Waals surface area contributed by atoms with Crippen LogP contribution in [0.25, 0.3) is 0 Å². The summed E-state index contributed by atoms with van der Waals surface area (Å²) in [6.45, 7) is 2.16. The van der Waals surface area contributed by atoms with Crippen LogP contribution in [-0.2, 0) is 29.7 Å². The number of carboxylic acid groups (broad SMARTS) is 1. The number of aliphatic carboxylic acids is 1. The highest BCUT2D eigenvalue weighted by Gasteiger charge is 2.38. The number of nitrogens with one attached hydrogen (secondary N) is 1. The van der Waals surface area contributed by atoms with E-state index in [4.69, 9.17) is 14.3 Å². The third kappa shape index (κ3) is 5.37. The maximum absolute atomic E-state index is 12.6. The number of carbonyl (C=O) groups excluding carboxylic acids is 1. The zero-order valence-electron chi connectivity index (χ0n) is 15.6. The SMILES string of the molecule is Cn1cnc2c1C(C(=O)NC1CC1)CN(Cc1ccco1)C2.O=C(O)C(F)(F)F. The molecular formula is C18H21F3N4O4. The first-order valence-corrected chi connectivity index (χ1v) is 9.00. The molecule has 2 N–H and O–H groups in total. The number of imidazole rings is 1. The molecule has 3 heterocycles.